The summed E-state index contributed by atoms with van der Waals surface area (Å²) in [5.74, 6) is 0.224. The van der Waals surface area contributed by atoms with Gasteiger partial charge in [0.25, 0.3) is 0 Å². The highest BCUT2D eigenvalue weighted by molar-refractivity contribution is 7.09. The first-order chi connectivity index (χ1) is 9.08. The molecule has 0 aliphatic carbocycles. The number of carbonyl (C=O) groups is 1. The second-order valence-corrected chi connectivity index (χ2v) is 6.03. The molecule has 0 radical (unpaired) electrons. The molecular weight excluding hydrogens is 280 g/mol. The van der Waals surface area contributed by atoms with Gasteiger partial charge in [-0.3, -0.25) is 9.48 Å². The maximum atomic E-state index is 12.0. The number of halogens is 1. The molecule has 5 heteroatoms. The first-order valence-electron chi connectivity index (χ1n) is 6.30. The van der Waals surface area contributed by atoms with E-state index in [0.29, 0.717) is 17.9 Å². The standard InChI is InChI=1S/C14H17ClN2OS/c1-10-14(15)13(17(2)16-10)9-11(18)5-3-6-12-7-4-8-19-12/h4,7-8H,3,5-6,9H2,1-2H3. The van der Waals surface area contributed by atoms with Gasteiger partial charge in [0.05, 0.1) is 16.4 Å². The average molecular weight is 297 g/mol. The van der Waals surface area contributed by atoms with Crippen LogP contribution in [0, 0.1) is 6.92 Å². The van der Waals surface area contributed by atoms with Gasteiger partial charge >= 0.3 is 0 Å². The molecule has 0 amide bonds. The van der Waals surface area contributed by atoms with Crippen LogP contribution < -0.4 is 0 Å². The lowest BCUT2D eigenvalue weighted by Gasteiger charge is -2.02. The molecule has 0 saturated carbocycles. The maximum Gasteiger partial charge on any atom is 0.138 e. The highest BCUT2D eigenvalue weighted by Crippen LogP contribution is 2.20. The number of aromatic nitrogens is 2. The Morgan fingerprint density at radius 3 is 2.89 bits per heavy atom. The Bertz CT molecular complexity index is 560. The summed E-state index contributed by atoms with van der Waals surface area (Å²) in [5, 5.41) is 6.90. The van der Waals surface area contributed by atoms with Crippen molar-refractivity contribution in [2.75, 3.05) is 0 Å². The third-order valence-electron chi connectivity index (χ3n) is 3.09. The first kappa shape index (κ1) is 14.3. The zero-order chi connectivity index (χ0) is 13.8. The molecule has 0 N–H and O–H groups in total. The van der Waals surface area contributed by atoms with E-state index in [1.807, 2.05) is 20.0 Å². The zero-order valence-electron chi connectivity index (χ0n) is 11.1. The van der Waals surface area contributed by atoms with Crippen LogP contribution in [0.1, 0.15) is 29.1 Å². The van der Waals surface area contributed by atoms with Gasteiger partial charge in [-0.2, -0.15) is 5.10 Å². The molecule has 3 nitrogen and oxygen atoms in total. The van der Waals surface area contributed by atoms with Gasteiger partial charge in [-0.25, -0.2) is 0 Å². The number of Topliss-reactive ketones (excluding diaryl/α,β-unsaturated/α-hetero) is 1. The Morgan fingerprint density at radius 1 is 1.53 bits per heavy atom. The summed E-state index contributed by atoms with van der Waals surface area (Å²) in [6.07, 6.45) is 2.84. The summed E-state index contributed by atoms with van der Waals surface area (Å²) in [6, 6.07) is 4.15. The normalized spacial score (nSPS) is 10.9. The monoisotopic (exact) mass is 296 g/mol. The van der Waals surface area contributed by atoms with Crippen molar-refractivity contribution in [3.8, 4) is 0 Å². The summed E-state index contributed by atoms with van der Waals surface area (Å²) in [7, 11) is 1.83. The molecular formula is C14H17ClN2OS. The Morgan fingerprint density at radius 2 is 2.32 bits per heavy atom. The van der Waals surface area contributed by atoms with Gasteiger partial charge in [-0.1, -0.05) is 17.7 Å². The van der Waals surface area contributed by atoms with Crippen LogP contribution >= 0.6 is 22.9 Å². The quantitative estimate of drug-likeness (QED) is 0.816. The minimum absolute atomic E-state index is 0.224. The van der Waals surface area contributed by atoms with E-state index >= 15 is 0 Å². The van der Waals surface area contributed by atoms with Gasteiger partial charge in [-0.15, -0.1) is 11.3 Å². The van der Waals surface area contributed by atoms with E-state index in [0.717, 1.165) is 24.2 Å². The van der Waals surface area contributed by atoms with Gasteiger partial charge in [0.2, 0.25) is 0 Å². The Labute approximate surface area is 122 Å². The molecule has 0 spiro atoms. The van der Waals surface area contributed by atoms with E-state index in [4.69, 9.17) is 11.6 Å². The minimum Gasteiger partial charge on any atom is -0.299 e. The number of rotatable bonds is 6. The molecule has 0 aliphatic heterocycles. The SMILES string of the molecule is Cc1nn(C)c(CC(=O)CCCc2cccs2)c1Cl. The smallest absolute Gasteiger partial charge is 0.138 e. The van der Waals surface area contributed by atoms with Crippen LogP contribution in [0.15, 0.2) is 17.5 Å². The number of aryl methyl sites for hydroxylation is 3. The van der Waals surface area contributed by atoms with Gasteiger partial charge < -0.3 is 0 Å². The van der Waals surface area contributed by atoms with Crippen molar-refractivity contribution < 1.29 is 4.79 Å². The molecule has 0 aliphatic rings. The molecule has 102 valence electrons. The van der Waals surface area contributed by atoms with Crippen LogP contribution in [-0.2, 0) is 24.7 Å². The molecule has 19 heavy (non-hydrogen) atoms. The molecule has 0 fully saturated rings. The van der Waals surface area contributed by atoms with Gasteiger partial charge in [-0.05, 0) is 31.2 Å². The number of carbonyl (C=O) groups excluding carboxylic acids is 1. The second kappa shape index (κ2) is 6.35. The minimum atomic E-state index is 0.224. The van der Waals surface area contributed by atoms with E-state index in [1.54, 1.807) is 16.0 Å². The maximum absolute atomic E-state index is 12.0. The Balaban J connectivity index is 1.84. The van der Waals surface area contributed by atoms with Crippen molar-refractivity contribution in [1.29, 1.82) is 0 Å². The number of thiophene rings is 1. The van der Waals surface area contributed by atoms with Crippen LogP contribution in [0.25, 0.3) is 0 Å². The number of ketones is 1. The lowest BCUT2D eigenvalue weighted by Crippen LogP contribution is -2.08. The predicted octanol–water partition coefficient (Wildman–Crippen LogP) is 3.58. The number of hydrogen-bond donors (Lipinski definition) is 0. The molecule has 2 aromatic heterocycles. The third-order valence-corrected chi connectivity index (χ3v) is 4.51. The number of hydrogen-bond acceptors (Lipinski definition) is 3. The van der Waals surface area contributed by atoms with Crippen molar-refractivity contribution in [2.45, 2.75) is 32.6 Å². The molecule has 0 saturated heterocycles. The van der Waals surface area contributed by atoms with Crippen molar-refractivity contribution in [3.63, 3.8) is 0 Å². The largest absolute Gasteiger partial charge is 0.299 e. The summed E-state index contributed by atoms with van der Waals surface area (Å²) in [4.78, 5) is 13.3. The summed E-state index contributed by atoms with van der Waals surface area (Å²) >= 11 is 7.88. The summed E-state index contributed by atoms with van der Waals surface area (Å²) in [6.45, 7) is 1.85. The van der Waals surface area contributed by atoms with Crippen molar-refractivity contribution in [1.82, 2.24) is 9.78 Å². The lowest BCUT2D eigenvalue weighted by molar-refractivity contribution is -0.118. The van der Waals surface area contributed by atoms with Crippen LogP contribution in [0.3, 0.4) is 0 Å². The van der Waals surface area contributed by atoms with E-state index in [2.05, 4.69) is 16.5 Å². The molecule has 2 heterocycles. The fourth-order valence-electron chi connectivity index (χ4n) is 2.06. The van der Waals surface area contributed by atoms with Crippen LogP contribution in [-0.4, -0.2) is 15.6 Å². The van der Waals surface area contributed by atoms with Crippen molar-refractivity contribution >= 4 is 28.7 Å². The molecule has 2 rings (SSSR count). The third kappa shape index (κ3) is 3.67. The predicted molar refractivity (Wildman–Crippen MR) is 78.9 cm³/mol. The first-order valence-corrected chi connectivity index (χ1v) is 7.55. The van der Waals surface area contributed by atoms with E-state index < -0.39 is 0 Å². The molecule has 0 atom stereocenters. The second-order valence-electron chi connectivity index (χ2n) is 4.62. The Hall–Kier alpha value is -1.13. The van der Waals surface area contributed by atoms with E-state index in [-0.39, 0.29) is 5.78 Å². The molecule has 0 aromatic carbocycles. The van der Waals surface area contributed by atoms with Crippen LogP contribution in [0.4, 0.5) is 0 Å². The highest BCUT2D eigenvalue weighted by atomic mass is 35.5. The Kier molecular flexibility index (Phi) is 4.77. The van der Waals surface area contributed by atoms with E-state index in [9.17, 15) is 4.79 Å². The summed E-state index contributed by atoms with van der Waals surface area (Å²) < 4.78 is 1.70. The topological polar surface area (TPSA) is 34.9 Å². The average Bonchev–Trinajstić information content (AvgIpc) is 2.94. The molecule has 0 unspecified atom stereocenters. The zero-order valence-corrected chi connectivity index (χ0v) is 12.7. The lowest BCUT2D eigenvalue weighted by atomic mass is 10.1. The number of nitrogens with zero attached hydrogens (tertiary/aromatic N) is 2. The van der Waals surface area contributed by atoms with Gasteiger partial charge in [0.1, 0.15) is 5.78 Å². The summed E-state index contributed by atoms with van der Waals surface area (Å²) in [5.41, 5.74) is 1.60. The highest BCUT2D eigenvalue weighted by Gasteiger charge is 2.14. The van der Waals surface area contributed by atoms with Crippen molar-refractivity contribution in [2.24, 2.45) is 7.05 Å². The van der Waals surface area contributed by atoms with Crippen LogP contribution in [0.5, 0.6) is 0 Å². The fraction of sp³-hybridized carbons (Fsp3) is 0.429. The fourth-order valence-corrected chi connectivity index (χ4v) is 3.04. The van der Waals surface area contributed by atoms with Crippen molar-refractivity contribution in [3.05, 3.63) is 38.8 Å². The van der Waals surface area contributed by atoms with Gasteiger partial charge in [0, 0.05) is 24.8 Å². The van der Waals surface area contributed by atoms with Crippen LogP contribution in [0.2, 0.25) is 5.02 Å². The van der Waals surface area contributed by atoms with E-state index in [1.165, 1.54) is 4.88 Å². The molecule has 0 bridgehead atoms. The van der Waals surface area contributed by atoms with Gasteiger partial charge in [0.15, 0.2) is 0 Å². The molecule has 2 aromatic rings.